The van der Waals surface area contributed by atoms with Crippen LogP contribution in [0.15, 0.2) is 48.5 Å². The number of amides is 2. The van der Waals surface area contributed by atoms with Gasteiger partial charge in [-0.2, -0.15) is 0 Å². The molecule has 2 N–H and O–H groups in total. The Labute approximate surface area is 202 Å². The maximum atomic E-state index is 13.5. The summed E-state index contributed by atoms with van der Waals surface area (Å²) in [6.07, 6.45) is -2.00. The molecule has 35 heavy (non-hydrogen) atoms. The third-order valence-electron chi connectivity index (χ3n) is 6.89. The van der Waals surface area contributed by atoms with E-state index in [0.29, 0.717) is 0 Å². The minimum atomic E-state index is -2.75. The predicted octanol–water partition coefficient (Wildman–Crippen LogP) is 4.40. The van der Waals surface area contributed by atoms with Gasteiger partial charge in [0, 0.05) is 31.8 Å². The standard InChI is InChI=1S/C26H28F2N2O5/c1-30(16-10-12-26(27,28)13-11-16)24(33)22(14-23(31)32)29-25(34)35-15-21-19-8-4-2-6-17(19)18-7-3-5-9-20(18)21/h2-9,16,21-22H,10-15H2,1H3,(H,29,34)(H,31,32). The Hall–Kier alpha value is -3.49. The Morgan fingerprint density at radius 2 is 1.60 bits per heavy atom. The summed E-state index contributed by atoms with van der Waals surface area (Å²) in [4.78, 5) is 38.2. The molecule has 186 valence electrons. The van der Waals surface area contributed by atoms with Crippen LogP contribution >= 0.6 is 0 Å². The fourth-order valence-corrected chi connectivity index (χ4v) is 4.99. The highest BCUT2D eigenvalue weighted by molar-refractivity contribution is 5.89. The van der Waals surface area contributed by atoms with Crippen molar-refractivity contribution >= 4 is 18.0 Å². The molecule has 1 fully saturated rings. The monoisotopic (exact) mass is 486 g/mol. The molecule has 0 saturated heterocycles. The Morgan fingerprint density at radius 3 is 2.14 bits per heavy atom. The van der Waals surface area contributed by atoms with E-state index in [0.717, 1.165) is 22.3 Å². The Kier molecular flexibility index (Phi) is 7.05. The maximum Gasteiger partial charge on any atom is 0.407 e. The Morgan fingerprint density at radius 1 is 1.06 bits per heavy atom. The van der Waals surface area contributed by atoms with Gasteiger partial charge in [0.15, 0.2) is 0 Å². The van der Waals surface area contributed by atoms with Crippen molar-refractivity contribution in [2.45, 2.75) is 56.0 Å². The van der Waals surface area contributed by atoms with E-state index in [1.165, 1.54) is 11.9 Å². The lowest BCUT2D eigenvalue weighted by Crippen LogP contribution is -2.52. The highest BCUT2D eigenvalue weighted by Crippen LogP contribution is 2.44. The van der Waals surface area contributed by atoms with Gasteiger partial charge in [-0.3, -0.25) is 9.59 Å². The van der Waals surface area contributed by atoms with Crippen molar-refractivity contribution in [1.29, 1.82) is 0 Å². The number of alkyl halides is 2. The largest absolute Gasteiger partial charge is 0.481 e. The zero-order chi connectivity index (χ0) is 25.2. The summed E-state index contributed by atoms with van der Waals surface area (Å²) in [5.74, 6) is -4.85. The molecule has 9 heteroatoms. The summed E-state index contributed by atoms with van der Waals surface area (Å²) >= 11 is 0. The molecule has 1 atom stereocenters. The minimum absolute atomic E-state index is 0.0153. The summed E-state index contributed by atoms with van der Waals surface area (Å²) < 4.78 is 32.4. The quantitative estimate of drug-likeness (QED) is 0.605. The number of carbonyl (C=O) groups is 3. The smallest absolute Gasteiger partial charge is 0.407 e. The van der Waals surface area contributed by atoms with Gasteiger partial charge in [0.25, 0.3) is 0 Å². The van der Waals surface area contributed by atoms with E-state index in [4.69, 9.17) is 4.74 Å². The molecule has 4 rings (SSSR count). The van der Waals surface area contributed by atoms with Gasteiger partial charge in [-0.05, 0) is 35.1 Å². The van der Waals surface area contributed by atoms with Crippen LogP contribution in [0.25, 0.3) is 11.1 Å². The molecule has 2 aromatic carbocycles. The lowest BCUT2D eigenvalue weighted by molar-refractivity contribution is -0.144. The molecule has 2 aliphatic rings. The number of nitrogens with zero attached hydrogens (tertiary/aromatic N) is 1. The van der Waals surface area contributed by atoms with Gasteiger partial charge < -0.3 is 20.1 Å². The normalized spacial score (nSPS) is 17.7. The van der Waals surface area contributed by atoms with Crippen molar-refractivity contribution in [1.82, 2.24) is 10.2 Å². The minimum Gasteiger partial charge on any atom is -0.481 e. The molecule has 0 aromatic heterocycles. The van der Waals surface area contributed by atoms with Crippen LogP contribution < -0.4 is 5.32 Å². The maximum absolute atomic E-state index is 13.5. The van der Waals surface area contributed by atoms with Crippen LogP contribution in [0.5, 0.6) is 0 Å². The summed E-state index contributed by atoms with van der Waals surface area (Å²) in [6, 6.07) is 13.9. The van der Waals surface area contributed by atoms with Crippen LogP contribution in [0.1, 0.15) is 49.1 Å². The molecule has 2 amide bonds. The van der Waals surface area contributed by atoms with Crippen LogP contribution in [0, 0.1) is 0 Å². The van der Waals surface area contributed by atoms with Crippen molar-refractivity contribution in [3.05, 3.63) is 59.7 Å². The molecule has 1 unspecified atom stereocenters. The Balaban J connectivity index is 1.40. The van der Waals surface area contributed by atoms with Crippen molar-refractivity contribution < 1.29 is 33.0 Å². The first-order valence-electron chi connectivity index (χ1n) is 11.6. The molecule has 1 saturated carbocycles. The number of carboxylic acid groups (broad SMARTS) is 1. The van der Waals surface area contributed by atoms with Crippen LogP contribution in [0.3, 0.4) is 0 Å². The second-order valence-corrected chi connectivity index (χ2v) is 9.16. The van der Waals surface area contributed by atoms with Crippen molar-refractivity contribution in [3.8, 4) is 11.1 Å². The van der Waals surface area contributed by atoms with E-state index in [2.05, 4.69) is 5.32 Å². The highest BCUT2D eigenvalue weighted by atomic mass is 19.3. The predicted molar refractivity (Wildman–Crippen MR) is 124 cm³/mol. The van der Waals surface area contributed by atoms with E-state index < -0.39 is 42.4 Å². The van der Waals surface area contributed by atoms with Crippen LogP contribution in [-0.4, -0.2) is 59.6 Å². The third-order valence-corrected chi connectivity index (χ3v) is 6.89. The number of alkyl carbamates (subject to hydrolysis) is 1. The molecule has 7 nitrogen and oxygen atoms in total. The molecular weight excluding hydrogens is 458 g/mol. The number of halogens is 2. The number of ether oxygens (including phenoxy) is 1. The van der Waals surface area contributed by atoms with Crippen LogP contribution in [0.4, 0.5) is 13.6 Å². The van der Waals surface area contributed by atoms with Crippen molar-refractivity contribution in [2.24, 2.45) is 0 Å². The molecule has 0 radical (unpaired) electrons. The van der Waals surface area contributed by atoms with Gasteiger partial charge in [0.1, 0.15) is 12.6 Å². The van der Waals surface area contributed by atoms with E-state index >= 15 is 0 Å². The summed E-state index contributed by atoms with van der Waals surface area (Å²) in [7, 11) is 1.45. The highest BCUT2D eigenvalue weighted by Gasteiger charge is 2.39. The molecule has 2 aromatic rings. The third kappa shape index (κ3) is 5.44. The topological polar surface area (TPSA) is 95.9 Å². The van der Waals surface area contributed by atoms with E-state index in [9.17, 15) is 28.3 Å². The van der Waals surface area contributed by atoms with Crippen molar-refractivity contribution in [2.75, 3.05) is 13.7 Å². The molecule has 0 spiro atoms. The first-order chi connectivity index (χ1) is 16.7. The summed E-state index contributed by atoms with van der Waals surface area (Å²) in [5, 5.41) is 11.6. The number of aliphatic carboxylic acids is 1. The first-order valence-corrected chi connectivity index (χ1v) is 11.6. The van der Waals surface area contributed by atoms with Crippen LogP contribution in [-0.2, 0) is 14.3 Å². The second kappa shape index (κ2) is 10.0. The molecule has 0 heterocycles. The second-order valence-electron chi connectivity index (χ2n) is 9.16. The number of rotatable bonds is 7. The number of benzene rings is 2. The van der Waals surface area contributed by atoms with Gasteiger partial charge in [-0.25, -0.2) is 13.6 Å². The molecule has 2 aliphatic carbocycles. The zero-order valence-electron chi connectivity index (χ0n) is 19.4. The molecule has 0 bridgehead atoms. The number of nitrogens with one attached hydrogen (secondary N) is 1. The fraction of sp³-hybridized carbons (Fsp3) is 0.423. The van der Waals surface area contributed by atoms with E-state index in [1.54, 1.807) is 0 Å². The zero-order valence-corrected chi connectivity index (χ0v) is 19.4. The summed E-state index contributed by atoms with van der Waals surface area (Å²) in [6.45, 7) is 0.0153. The number of hydrogen-bond donors (Lipinski definition) is 2. The van der Waals surface area contributed by atoms with Gasteiger partial charge in [0.05, 0.1) is 6.42 Å². The lowest BCUT2D eigenvalue weighted by Gasteiger charge is -2.36. The average molecular weight is 487 g/mol. The number of likely N-dealkylation sites (N-methyl/N-ethyl adjacent to an activating group) is 1. The average Bonchev–Trinajstić information content (AvgIpc) is 3.15. The fourth-order valence-electron chi connectivity index (χ4n) is 4.99. The number of hydrogen-bond acceptors (Lipinski definition) is 4. The van der Waals surface area contributed by atoms with Crippen molar-refractivity contribution in [3.63, 3.8) is 0 Å². The van der Waals surface area contributed by atoms with Gasteiger partial charge >= 0.3 is 12.1 Å². The van der Waals surface area contributed by atoms with Gasteiger partial charge in [0.2, 0.25) is 11.8 Å². The molecule has 0 aliphatic heterocycles. The number of fused-ring (bicyclic) bond motifs is 3. The van der Waals surface area contributed by atoms with Crippen LogP contribution in [0.2, 0.25) is 0 Å². The van der Waals surface area contributed by atoms with E-state index in [-0.39, 0.29) is 38.2 Å². The lowest BCUT2D eigenvalue weighted by atomic mass is 9.91. The first kappa shape index (κ1) is 24.6. The SMILES string of the molecule is CN(C(=O)C(CC(=O)O)NC(=O)OCC1c2ccccc2-c2ccccc21)C1CCC(F)(F)CC1. The van der Waals surface area contributed by atoms with Gasteiger partial charge in [-0.1, -0.05) is 48.5 Å². The number of carbonyl (C=O) groups excluding carboxylic acids is 2. The molecular formula is C26H28F2N2O5. The van der Waals surface area contributed by atoms with E-state index in [1.807, 2.05) is 48.5 Å². The summed E-state index contributed by atoms with van der Waals surface area (Å²) in [5.41, 5.74) is 4.17. The van der Waals surface area contributed by atoms with Gasteiger partial charge in [-0.15, -0.1) is 0 Å². The number of carboxylic acids is 1. The Bertz CT molecular complexity index is 1070.